The molecule has 18 heavy (non-hydrogen) atoms. The number of aryl methyl sites for hydroxylation is 1. The summed E-state index contributed by atoms with van der Waals surface area (Å²) in [6.45, 7) is 2.95. The summed E-state index contributed by atoms with van der Waals surface area (Å²) in [5.41, 5.74) is 0.436. The smallest absolute Gasteiger partial charge is 0.326 e. The second kappa shape index (κ2) is 5.48. The summed E-state index contributed by atoms with van der Waals surface area (Å²) >= 11 is 0. The number of carbonyl (C=O) groups excluding carboxylic acids is 1. The molecule has 98 valence electrons. The molecule has 0 saturated carbocycles. The summed E-state index contributed by atoms with van der Waals surface area (Å²) < 4.78 is 13.6. The predicted molar refractivity (Wildman–Crippen MR) is 65.0 cm³/mol. The number of carbonyl (C=O) groups is 2. The summed E-state index contributed by atoms with van der Waals surface area (Å²) in [6, 6.07) is 2.94. The molecule has 5 nitrogen and oxygen atoms in total. The van der Waals surface area contributed by atoms with Gasteiger partial charge in [0, 0.05) is 7.05 Å². The van der Waals surface area contributed by atoms with Crippen LogP contribution in [0.2, 0.25) is 0 Å². The monoisotopic (exact) mass is 254 g/mol. The largest absolute Gasteiger partial charge is 0.480 e. The zero-order chi connectivity index (χ0) is 13.9. The maximum absolute atomic E-state index is 13.6. The Morgan fingerprint density at radius 2 is 2.06 bits per heavy atom. The maximum atomic E-state index is 13.6. The molecule has 0 radical (unpaired) electrons. The van der Waals surface area contributed by atoms with Crippen LogP contribution in [0, 0.1) is 12.7 Å². The van der Waals surface area contributed by atoms with Crippen molar-refractivity contribution in [3.05, 3.63) is 29.6 Å². The van der Waals surface area contributed by atoms with E-state index in [1.54, 1.807) is 19.1 Å². The van der Waals surface area contributed by atoms with Crippen LogP contribution in [0.1, 0.15) is 12.5 Å². The topological polar surface area (TPSA) is 69.6 Å². The Kier molecular flexibility index (Phi) is 4.25. The standard InChI is InChI=1S/C12H15FN2O3/c1-7-5-4-6-9(10(7)13)14-12(18)15(3)8(2)11(16)17/h4-6,8H,1-3H3,(H,14,18)(H,16,17). The molecule has 0 aliphatic heterocycles. The van der Waals surface area contributed by atoms with Crippen molar-refractivity contribution in [1.82, 2.24) is 4.90 Å². The number of halogens is 1. The highest BCUT2D eigenvalue weighted by Crippen LogP contribution is 2.17. The Labute approximate surface area is 104 Å². The molecule has 1 atom stereocenters. The number of nitrogens with zero attached hydrogens (tertiary/aromatic N) is 1. The number of carboxylic acids is 1. The van der Waals surface area contributed by atoms with Gasteiger partial charge in [-0.15, -0.1) is 0 Å². The molecule has 0 heterocycles. The first-order valence-corrected chi connectivity index (χ1v) is 5.36. The average Bonchev–Trinajstić information content (AvgIpc) is 2.32. The first kappa shape index (κ1) is 14.0. The van der Waals surface area contributed by atoms with Gasteiger partial charge in [0.25, 0.3) is 0 Å². The van der Waals surface area contributed by atoms with Crippen molar-refractivity contribution in [3.63, 3.8) is 0 Å². The highest BCUT2D eigenvalue weighted by molar-refractivity contribution is 5.92. The quantitative estimate of drug-likeness (QED) is 0.867. The summed E-state index contributed by atoms with van der Waals surface area (Å²) in [6.07, 6.45) is 0. The third-order valence-corrected chi connectivity index (χ3v) is 2.69. The summed E-state index contributed by atoms with van der Waals surface area (Å²) in [5.74, 6) is -1.65. The summed E-state index contributed by atoms with van der Waals surface area (Å²) in [7, 11) is 1.34. The van der Waals surface area contributed by atoms with Gasteiger partial charge in [-0.1, -0.05) is 12.1 Å². The second-order valence-electron chi connectivity index (χ2n) is 3.99. The van der Waals surface area contributed by atoms with Gasteiger partial charge in [-0.2, -0.15) is 0 Å². The van der Waals surface area contributed by atoms with Gasteiger partial charge < -0.3 is 15.3 Å². The molecule has 0 saturated heterocycles. The lowest BCUT2D eigenvalue weighted by atomic mass is 10.2. The number of aliphatic carboxylic acids is 1. The van der Waals surface area contributed by atoms with Gasteiger partial charge >= 0.3 is 12.0 Å². The molecular weight excluding hydrogens is 239 g/mol. The van der Waals surface area contributed by atoms with Crippen LogP contribution in [-0.2, 0) is 4.79 Å². The molecule has 1 unspecified atom stereocenters. The molecule has 0 fully saturated rings. The Balaban J connectivity index is 2.82. The van der Waals surface area contributed by atoms with Crippen molar-refractivity contribution >= 4 is 17.7 Å². The van der Waals surface area contributed by atoms with E-state index in [1.165, 1.54) is 20.0 Å². The summed E-state index contributed by atoms with van der Waals surface area (Å²) in [5, 5.41) is 11.1. The highest BCUT2D eigenvalue weighted by Gasteiger charge is 2.22. The van der Waals surface area contributed by atoms with Gasteiger partial charge in [0.2, 0.25) is 0 Å². The molecule has 2 amide bonds. The van der Waals surface area contributed by atoms with Crippen LogP contribution in [0.3, 0.4) is 0 Å². The number of hydrogen-bond donors (Lipinski definition) is 2. The van der Waals surface area contributed by atoms with E-state index < -0.39 is 23.9 Å². The molecule has 0 aromatic heterocycles. The second-order valence-corrected chi connectivity index (χ2v) is 3.99. The van der Waals surface area contributed by atoms with Crippen LogP contribution in [-0.4, -0.2) is 35.1 Å². The van der Waals surface area contributed by atoms with E-state index >= 15 is 0 Å². The molecule has 1 aromatic rings. The number of hydrogen-bond acceptors (Lipinski definition) is 2. The van der Waals surface area contributed by atoms with E-state index in [0.29, 0.717) is 5.56 Å². The zero-order valence-corrected chi connectivity index (χ0v) is 10.4. The molecule has 6 heteroatoms. The molecule has 2 N–H and O–H groups in total. The van der Waals surface area contributed by atoms with E-state index in [-0.39, 0.29) is 5.69 Å². The van der Waals surface area contributed by atoms with E-state index in [9.17, 15) is 14.0 Å². The first-order chi connectivity index (χ1) is 8.34. The van der Waals surface area contributed by atoms with Crippen LogP contribution in [0.5, 0.6) is 0 Å². The summed E-state index contributed by atoms with van der Waals surface area (Å²) in [4.78, 5) is 23.4. The molecule has 1 rings (SSSR count). The van der Waals surface area contributed by atoms with Crippen molar-refractivity contribution < 1.29 is 19.1 Å². The number of nitrogens with one attached hydrogen (secondary N) is 1. The SMILES string of the molecule is Cc1cccc(NC(=O)N(C)C(C)C(=O)O)c1F. The van der Waals surface area contributed by atoms with Crippen molar-refractivity contribution in [1.29, 1.82) is 0 Å². The lowest BCUT2D eigenvalue weighted by molar-refractivity contribution is -0.141. The number of rotatable bonds is 3. The molecule has 1 aromatic carbocycles. The Bertz CT molecular complexity index is 476. The van der Waals surface area contributed by atoms with Crippen molar-refractivity contribution in [2.75, 3.05) is 12.4 Å². The molecule has 0 aliphatic carbocycles. The molecular formula is C12H15FN2O3. The van der Waals surface area contributed by atoms with Crippen LogP contribution in [0.4, 0.5) is 14.9 Å². The molecule has 0 aliphatic rings. The number of carboxylic acid groups (broad SMARTS) is 1. The normalized spacial score (nSPS) is 11.8. The first-order valence-electron chi connectivity index (χ1n) is 5.36. The number of urea groups is 1. The lowest BCUT2D eigenvalue weighted by Crippen LogP contribution is -2.42. The third-order valence-electron chi connectivity index (χ3n) is 2.69. The lowest BCUT2D eigenvalue weighted by Gasteiger charge is -2.22. The van der Waals surface area contributed by atoms with E-state index in [2.05, 4.69) is 5.32 Å². The zero-order valence-electron chi connectivity index (χ0n) is 10.4. The fourth-order valence-electron chi connectivity index (χ4n) is 1.29. The van der Waals surface area contributed by atoms with E-state index in [0.717, 1.165) is 4.90 Å². The minimum atomic E-state index is -1.13. The van der Waals surface area contributed by atoms with Gasteiger partial charge in [0.05, 0.1) is 5.69 Å². The minimum absolute atomic E-state index is 0.0319. The van der Waals surface area contributed by atoms with Crippen molar-refractivity contribution in [2.45, 2.75) is 19.9 Å². The van der Waals surface area contributed by atoms with Gasteiger partial charge in [0.1, 0.15) is 11.9 Å². The van der Waals surface area contributed by atoms with Crippen LogP contribution < -0.4 is 5.32 Å². The van der Waals surface area contributed by atoms with Crippen LogP contribution >= 0.6 is 0 Å². The minimum Gasteiger partial charge on any atom is -0.480 e. The van der Waals surface area contributed by atoms with Gasteiger partial charge in [0.15, 0.2) is 0 Å². The Hall–Kier alpha value is -2.11. The van der Waals surface area contributed by atoms with Gasteiger partial charge in [-0.25, -0.2) is 14.0 Å². The number of anilines is 1. The fourth-order valence-corrected chi connectivity index (χ4v) is 1.29. The average molecular weight is 254 g/mol. The highest BCUT2D eigenvalue weighted by atomic mass is 19.1. The van der Waals surface area contributed by atoms with Crippen molar-refractivity contribution in [3.8, 4) is 0 Å². The van der Waals surface area contributed by atoms with Crippen LogP contribution in [0.25, 0.3) is 0 Å². The number of likely N-dealkylation sites (N-methyl/N-ethyl adjacent to an activating group) is 1. The predicted octanol–water partition coefficient (Wildman–Crippen LogP) is 2.07. The molecule has 0 spiro atoms. The number of benzene rings is 1. The number of amides is 2. The van der Waals surface area contributed by atoms with Crippen LogP contribution in [0.15, 0.2) is 18.2 Å². The van der Waals surface area contributed by atoms with Gasteiger partial charge in [-0.3, -0.25) is 0 Å². The van der Waals surface area contributed by atoms with Gasteiger partial charge in [-0.05, 0) is 25.5 Å². The Morgan fingerprint density at radius 1 is 1.44 bits per heavy atom. The maximum Gasteiger partial charge on any atom is 0.326 e. The molecule has 0 bridgehead atoms. The van der Waals surface area contributed by atoms with Crippen molar-refractivity contribution in [2.24, 2.45) is 0 Å². The Morgan fingerprint density at radius 3 is 2.61 bits per heavy atom. The van der Waals surface area contributed by atoms with E-state index in [1.807, 2.05) is 0 Å². The third kappa shape index (κ3) is 2.97. The fraction of sp³-hybridized carbons (Fsp3) is 0.333. The van der Waals surface area contributed by atoms with E-state index in [4.69, 9.17) is 5.11 Å².